The number of hydrogen-bond acceptors (Lipinski definition) is 6. The second-order valence-corrected chi connectivity index (χ2v) is 10.6. The number of carbonyl (C=O) groups excluding carboxylic acids is 1. The van der Waals surface area contributed by atoms with Crippen molar-refractivity contribution in [2.75, 3.05) is 20.8 Å². The van der Waals surface area contributed by atoms with Crippen LogP contribution in [0.15, 0.2) is 18.2 Å². The maximum Gasteiger partial charge on any atom is 0.311 e. The third kappa shape index (κ3) is 6.35. The number of esters is 1. The predicted molar refractivity (Wildman–Crippen MR) is 146 cm³/mol. The Morgan fingerprint density at radius 2 is 1.70 bits per heavy atom. The van der Waals surface area contributed by atoms with Crippen molar-refractivity contribution >= 4 is 17.6 Å². The van der Waals surface area contributed by atoms with Crippen LogP contribution in [0.25, 0.3) is 0 Å². The van der Waals surface area contributed by atoms with E-state index in [0.29, 0.717) is 41.7 Å². The Morgan fingerprint density at radius 1 is 1.00 bits per heavy atom. The number of rotatable bonds is 12. The van der Waals surface area contributed by atoms with Crippen LogP contribution < -0.4 is 14.2 Å². The van der Waals surface area contributed by atoms with Crippen molar-refractivity contribution in [3.05, 3.63) is 45.5 Å². The molecule has 0 spiro atoms. The molecule has 0 radical (unpaired) electrons. The van der Waals surface area contributed by atoms with Gasteiger partial charge in [-0.05, 0) is 48.1 Å². The number of nitrogens with zero attached hydrogens (tertiary/aromatic N) is 1. The molecule has 2 aliphatic heterocycles. The quantitative estimate of drug-likeness (QED) is 0.179. The van der Waals surface area contributed by atoms with Gasteiger partial charge in [0, 0.05) is 42.2 Å². The summed E-state index contributed by atoms with van der Waals surface area (Å²) in [5, 5.41) is 11.0. The molecule has 0 amide bonds. The normalized spacial score (nSPS) is 16.5. The van der Waals surface area contributed by atoms with Crippen molar-refractivity contribution in [1.82, 2.24) is 4.90 Å². The molecule has 6 nitrogen and oxygen atoms in total. The lowest BCUT2D eigenvalue weighted by Gasteiger charge is -2.42. The highest BCUT2D eigenvalue weighted by molar-refractivity contribution is 6.31. The Hall–Kier alpha value is -2.44. The first-order valence-corrected chi connectivity index (χ1v) is 14.1. The number of phenols is 1. The van der Waals surface area contributed by atoms with Gasteiger partial charge in [-0.25, -0.2) is 0 Å². The zero-order chi connectivity index (χ0) is 26.4. The van der Waals surface area contributed by atoms with Gasteiger partial charge in [-0.2, -0.15) is 0 Å². The molecule has 0 aliphatic carbocycles. The highest BCUT2D eigenvalue weighted by atomic mass is 35.5. The summed E-state index contributed by atoms with van der Waals surface area (Å²) < 4.78 is 16.8. The minimum Gasteiger partial charge on any atom is -0.504 e. The third-order valence-corrected chi connectivity index (χ3v) is 8.08. The second-order valence-electron chi connectivity index (χ2n) is 10.2. The molecule has 0 saturated carbocycles. The maximum absolute atomic E-state index is 12.8. The van der Waals surface area contributed by atoms with Crippen molar-refractivity contribution in [3.8, 4) is 23.0 Å². The van der Waals surface area contributed by atoms with Gasteiger partial charge in [-0.3, -0.25) is 9.69 Å². The van der Waals surface area contributed by atoms with Gasteiger partial charge in [0.25, 0.3) is 0 Å². The van der Waals surface area contributed by atoms with Crippen molar-refractivity contribution in [3.63, 3.8) is 0 Å². The average Bonchev–Trinajstić information content (AvgIpc) is 2.90. The first-order valence-electron chi connectivity index (χ1n) is 13.7. The van der Waals surface area contributed by atoms with E-state index in [1.807, 2.05) is 12.1 Å². The molecule has 202 valence electrons. The fourth-order valence-corrected chi connectivity index (χ4v) is 5.97. The van der Waals surface area contributed by atoms with Crippen LogP contribution in [0.2, 0.25) is 5.02 Å². The van der Waals surface area contributed by atoms with Crippen LogP contribution in [-0.2, 0) is 24.2 Å². The predicted octanol–water partition coefficient (Wildman–Crippen LogP) is 7.15. The summed E-state index contributed by atoms with van der Waals surface area (Å²) in [7, 11) is 3.14. The summed E-state index contributed by atoms with van der Waals surface area (Å²) in [4.78, 5) is 15.2. The van der Waals surface area contributed by atoms with Crippen molar-refractivity contribution in [2.45, 2.75) is 90.1 Å². The lowest BCUT2D eigenvalue weighted by molar-refractivity contribution is -0.134. The van der Waals surface area contributed by atoms with Crippen molar-refractivity contribution in [1.29, 1.82) is 0 Å². The SMILES string of the molecule is CCCCCCCCCCC(=O)Oc1c(OC)cc(Cl)c2c1CN1CCc3cc(OC)c(O)cc3C1C2. The van der Waals surface area contributed by atoms with Crippen LogP contribution in [0.5, 0.6) is 23.0 Å². The Kier molecular flexibility index (Phi) is 9.60. The summed E-state index contributed by atoms with van der Waals surface area (Å²) >= 11 is 6.73. The van der Waals surface area contributed by atoms with Gasteiger partial charge in [0.2, 0.25) is 0 Å². The molecule has 0 aromatic heterocycles. The number of hydrogen-bond donors (Lipinski definition) is 1. The largest absolute Gasteiger partial charge is 0.504 e. The standard InChI is InChI=1S/C30H40ClNO5/c1-4-5-6-7-8-9-10-11-12-29(34)37-30-23-19-32-14-13-20-15-27(35-2)26(33)17-21(20)25(32)16-22(23)24(31)18-28(30)36-3/h15,17-18,25,33H,4-14,16,19H2,1-3H3. The van der Waals surface area contributed by atoms with E-state index < -0.39 is 0 Å². The minimum atomic E-state index is -0.225. The maximum atomic E-state index is 12.8. The number of unbranched alkanes of at least 4 members (excludes halogenated alkanes) is 7. The van der Waals surface area contributed by atoms with E-state index >= 15 is 0 Å². The van der Waals surface area contributed by atoms with Gasteiger partial charge in [0.1, 0.15) is 0 Å². The van der Waals surface area contributed by atoms with E-state index in [9.17, 15) is 9.90 Å². The average molecular weight is 530 g/mol. The smallest absolute Gasteiger partial charge is 0.311 e. The minimum absolute atomic E-state index is 0.0832. The first-order chi connectivity index (χ1) is 18.0. The van der Waals surface area contributed by atoms with E-state index in [4.69, 9.17) is 25.8 Å². The number of phenolic OH excluding ortho intramolecular Hbond substituents is 1. The molecule has 0 bridgehead atoms. The summed E-state index contributed by atoms with van der Waals surface area (Å²) in [5.74, 6) is 1.40. The summed E-state index contributed by atoms with van der Waals surface area (Å²) in [6.07, 6.45) is 11.3. The molecule has 7 heteroatoms. The Bertz CT molecular complexity index is 1100. The zero-order valence-electron chi connectivity index (χ0n) is 22.4. The third-order valence-electron chi connectivity index (χ3n) is 7.75. The molecular weight excluding hydrogens is 490 g/mol. The molecule has 2 aromatic carbocycles. The van der Waals surface area contributed by atoms with Crippen LogP contribution >= 0.6 is 11.6 Å². The second kappa shape index (κ2) is 12.9. The molecular formula is C30H40ClNO5. The fourth-order valence-electron chi connectivity index (χ4n) is 5.68. The van der Waals surface area contributed by atoms with E-state index in [2.05, 4.69) is 11.8 Å². The molecule has 1 unspecified atom stereocenters. The monoisotopic (exact) mass is 529 g/mol. The number of ether oxygens (including phenoxy) is 3. The lowest BCUT2D eigenvalue weighted by atomic mass is 9.83. The molecule has 2 aliphatic rings. The molecule has 2 aromatic rings. The number of aromatic hydroxyl groups is 1. The first kappa shape index (κ1) is 27.6. The van der Waals surface area contributed by atoms with Crippen LogP contribution in [-0.4, -0.2) is 36.7 Å². The van der Waals surface area contributed by atoms with E-state index in [-0.39, 0.29) is 17.8 Å². The molecule has 37 heavy (non-hydrogen) atoms. The van der Waals surface area contributed by atoms with Crippen LogP contribution in [0.1, 0.15) is 93.0 Å². The summed E-state index contributed by atoms with van der Waals surface area (Å²) in [5.41, 5.74) is 4.17. The number of carbonyl (C=O) groups is 1. The number of fused-ring (bicyclic) bond motifs is 4. The molecule has 4 rings (SSSR count). The van der Waals surface area contributed by atoms with Gasteiger partial charge in [-0.15, -0.1) is 0 Å². The number of halogens is 1. The topological polar surface area (TPSA) is 68.2 Å². The van der Waals surface area contributed by atoms with Crippen LogP contribution in [0.4, 0.5) is 0 Å². The van der Waals surface area contributed by atoms with Crippen LogP contribution in [0.3, 0.4) is 0 Å². The van der Waals surface area contributed by atoms with E-state index in [0.717, 1.165) is 48.9 Å². The highest BCUT2D eigenvalue weighted by Crippen LogP contribution is 2.48. The fraction of sp³-hybridized carbons (Fsp3) is 0.567. The Labute approximate surface area is 225 Å². The van der Waals surface area contributed by atoms with Gasteiger partial charge in [-0.1, -0.05) is 63.5 Å². The molecule has 2 heterocycles. The van der Waals surface area contributed by atoms with Gasteiger partial charge >= 0.3 is 5.97 Å². The van der Waals surface area contributed by atoms with Crippen LogP contribution in [0, 0.1) is 0 Å². The highest BCUT2D eigenvalue weighted by Gasteiger charge is 2.36. The van der Waals surface area contributed by atoms with Gasteiger partial charge in [0.05, 0.1) is 14.2 Å². The van der Waals surface area contributed by atoms with Gasteiger partial charge < -0.3 is 19.3 Å². The summed E-state index contributed by atoms with van der Waals surface area (Å²) in [6, 6.07) is 5.59. The molecule has 1 atom stereocenters. The van der Waals surface area contributed by atoms with E-state index in [1.165, 1.54) is 37.7 Å². The van der Waals surface area contributed by atoms with E-state index in [1.54, 1.807) is 20.3 Å². The van der Waals surface area contributed by atoms with Crippen molar-refractivity contribution in [2.24, 2.45) is 0 Å². The molecule has 0 saturated heterocycles. The number of methoxy groups -OCH3 is 2. The summed E-state index contributed by atoms with van der Waals surface area (Å²) in [6.45, 7) is 3.68. The Morgan fingerprint density at radius 3 is 2.41 bits per heavy atom. The Balaban J connectivity index is 1.47. The number of benzene rings is 2. The lowest BCUT2D eigenvalue weighted by Crippen LogP contribution is -2.39. The molecule has 1 N–H and O–H groups in total. The molecule has 0 fully saturated rings. The zero-order valence-corrected chi connectivity index (χ0v) is 23.2. The van der Waals surface area contributed by atoms with Gasteiger partial charge in [0.15, 0.2) is 23.0 Å². The van der Waals surface area contributed by atoms with Crippen molar-refractivity contribution < 1.29 is 24.1 Å².